The first-order chi connectivity index (χ1) is 14.8. The minimum Gasteiger partial charge on any atom is -0.495 e. The summed E-state index contributed by atoms with van der Waals surface area (Å²) in [7, 11) is 1.31. The summed E-state index contributed by atoms with van der Waals surface area (Å²) in [6, 6.07) is 16.0. The zero-order valence-electron chi connectivity index (χ0n) is 17.5. The molecule has 8 nitrogen and oxygen atoms in total. The normalized spacial score (nSPS) is 12.4. The molecule has 0 radical (unpaired) electrons. The Morgan fingerprint density at radius 1 is 1.10 bits per heavy atom. The van der Waals surface area contributed by atoms with Gasteiger partial charge in [0.25, 0.3) is 15.9 Å². The van der Waals surface area contributed by atoms with Crippen molar-refractivity contribution in [2.45, 2.75) is 10.9 Å². The van der Waals surface area contributed by atoms with Crippen LogP contribution in [0.25, 0.3) is 0 Å². The van der Waals surface area contributed by atoms with Crippen LogP contribution >= 0.6 is 0 Å². The molecule has 0 saturated heterocycles. The lowest BCUT2D eigenvalue weighted by atomic mass is 10.2. The Labute approximate surface area is 181 Å². The Hall–Kier alpha value is -3.30. The van der Waals surface area contributed by atoms with E-state index in [0.29, 0.717) is 18.0 Å². The van der Waals surface area contributed by atoms with Gasteiger partial charge in [-0.15, -0.1) is 0 Å². The SMILES string of the molecule is COc1ccccc1NS(=O)(=O)c1cccc(C(=O)NC[C@H](c2ccco2)N(C)C)c1. The standard InChI is InChI=1S/C22H25N3O5S/c1-25(2)19(21-12-7-13-30-21)15-23-22(26)16-8-6-9-17(14-16)31(27,28)24-18-10-4-5-11-20(18)29-3/h4-14,19,24H,15H2,1-3H3,(H,23,26)/t19-/m1/s1. The zero-order valence-corrected chi connectivity index (χ0v) is 18.3. The van der Waals surface area contributed by atoms with Crippen LogP contribution in [0.5, 0.6) is 5.75 Å². The molecular weight excluding hydrogens is 418 g/mol. The van der Waals surface area contributed by atoms with Gasteiger partial charge in [0.15, 0.2) is 0 Å². The number of nitrogens with zero attached hydrogens (tertiary/aromatic N) is 1. The minimum atomic E-state index is -3.92. The summed E-state index contributed by atoms with van der Waals surface area (Å²) in [5.74, 6) is 0.739. The van der Waals surface area contributed by atoms with Gasteiger partial charge in [0, 0.05) is 12.1 Å². The molecule has 1 heterocycles. The van der Waals surface area contributed by atoms with E-state index in [1.54, 1.807) is 42.7 Å². The molecule has 0 unspecified atom stereocenters. The zero-order chi connectivity index (χ0) is 22.4. The lowest BCUT2D eigenvalue weighted by molar-refractivity contribution is 0.0939. The van der Waals surface area contributed by atoms with Gasteiger partial charge in [0.05, 0.1) is 30.0 Å². The number of hydrogen-bond donors (Lipinski definition) is 2. The van der Waals surface area contributed by atoms with Crippen molar-refractivity contribution in [1.82, 2.24) is 10.2 Å². The molecule has 2 N–H and O–H groups in total. The molecular formula is C22H25N3O5S. The molecule has 31 heavy (non-hydrogen) atoms. The first kappa shape index (κ1) is 22.4. The van der Waals surface area contributed by atoms with E-state index in [2.05, 4.69) is 10.0 Å². The second-order valence-corrected chi connectivity index (χ2v) is 8.72. The van der Waals surface area contributed by atoms with Crippen molar-refractivity contribution in [2.24, 2.45) is 0 Å². The largest absolute Gasteiger partial charge is 0.495 e. The second kappa shape index (κ2) is 9.67. The maximum atomic E-state index is 12.8. The molecule has 0 bridgehead atoms. The maximum absolute atomic E-state index is 12.8. The van der Waals surface area contributed by atoms with Crippen molar-refractivity contribution < 1.29 is 22.4 Å². The molecule has 1 atom stereocenters. The van der Waals surface area contributed by atoms with E-state index in [9.17, 15) is 13.2 Å². The van der Waals surface area contributed by atoms with Crippen LogP contribution in [-0.4, -0.2) is 47.0 Å². The highest BCUT2D eigenvalue weighted by Gasteiger charge is 2.20. The lowest BCUT2D eigenvalue weighted by Crippen LogP contribution is -2.34. The van der Waals surface area contributed by atoms with Crippen LogP contribution in [0, 0.1) is 0 Å². The summed E-state index contributed by atoms with van der Waals surface area (Å²) in [4.78, 5) is 14.6. The fourth-order valence-electron chi connectivity index (χ4n) is 3.05. The highest BCUT2D eigenvalue weighted by Crippen LogP contribution is 2.26. The molecule has 3 rings (SSSR count). The van der Waals surface area contributed by atoms with Gasteiger partial charge in [-0.1, -0.05) is 18.2 Å². The summed E-state index contributed by atoms with van der Waals surface area (Å²) in [6.07, 6.45) is 1.58. The number of anilines is 1. The first-order valence-electron chi connectivity index (χ1n) is 9.56. The molecule has 9 heteroatoms. The maximum Gasteiger partial charge on any atom is 0.262 e. The number of benzene rings is 2. The van der Waals surface area contributed by atoms with Crippen LogP contribution < -0.4 is 14.8 Å². The number of sulfonamides is 1. The van der Waals surface area contributed by atoms with E-state index < -0.39 is 10.0 Å². The number of methoxy groups -OCH3 is 1. The van der Waals surface area contributed by atoms with Crippen molar-refractivity contribution in [3.8, 4) is 5.75 Å². The molecule has 3 aromatic rings. The van der Waals surface area contributed by atoms with E-state index in [0.717, 1.165) is 5.76 Å². The third-order valence-electron chi connectivity index (χ3n) is 4.71. The number of amides is 1. The predicted molar refractivity (Wildman–Crippen MR) is 118 cm³/mol. The number of para-hydroxylation sites is 2. The number of carbonyl (C=O) groups is 1. The van der Waals surface area contributed by atoms with Gasteiger partial charge in [-0.05, 0) is 56.6 Å². The van der Waals surface area contributed by atoms with Gasteiger partial charge in [0.1, 0.15) is 11.5 Å². The highest BCUT2D eigenvalue weighted by atomic mass is 32.2. The molecule has 2 aromatic carbocycles. The number of likely N-dealkylation sites (N-methyl/N-ethyl adjacent to an activating group) is 1. The number of hydrogen-bond acceptors (Lipinski definition) is 6. The number of furan rings is 1. The van der Waals surface area contributed by atoms with Crippen LogP contribution in [0.1, 0.15) is 22.2 Å². The van der Waals surface area contributed by atoms with Crippen molar-refractivity contribution in [2.75, 3.05) is 32.5 Å². The average molecular weight is 444 g/mol. The fourth-order valence-corrected chi connectivity index (χ4v) is 4.16. The quantitative estimate of drug-likeness (QED) is 0.527. The summed E-state index contributed by atoms with van der Waals surface area (Å²) in [5, 5.41) is 2.84. The smallest absolute Gasteiger partial charge is 0.262 e. The number of carbonyl (C=O) groups excluding carboxylic acids is 1. The van der Waals surface area contributed by atoms with Crippen LogP contribution in [0.4, 0.5) is 5.69 Å². The molecule has 0 fully saturated rings. The molecule has 0 aliphatic heterocycles. The predicted octanol–water partition coefficient (Wildman–Crippen LogP) is 3.12. The fraction of sp³-hybridized carbons (Fsp3) is 0.227. The van der Waals surface area contributed by atoms with Gasteiger partial charge in [0.2, 0.25) is 0 Å². The van der Waals surface area contributed by atoms with Gasteiger partial charge < -0.3 is 14.5 Å². The topological polar surface area (TPSA) is 101 Å². The Morgan fingerprint density at radius 3 is 2.55 bits per heavy atom. The van der Waals surface area contributed by atoms with Crippen LogP contribution in [0.15, 0.2) is 76.2 Å². The number of rotatable bonds is 9. The van der Waals surface area contributed by atoms with Gasteiger partial charge >= 0.3 is 0 Å². The van der Waals surface area contributed by atoms with E-state index in [-0.39, 0.29) is 22.4 Å². The number of ether oxygens (including phenoxy) is 1. The summed E-state index contributed by atoms with van der Waals surface area (Å²) < 4.78 is 38.8. The van der Waals surface area contributed by atoms with Crippen LogP contribution in [0.2, 0.25) is 0 Å². The Balaban J connectivity index is 1.75. The first-order valence-corrected chi connectivity index (χ1v) is 11.0. The Kier molecular flexibility index (Phi) is 6.98. The van der Waals surface area contributed by atoms with E-state index >= 15 is 0 Å². The van der Waals surface area contributed by atoms with Crippen molar-refractivity contribution in [3.05, 3.63) is 78.3 Å². The van der Waals surface area contributed by atoms with Crippen LogP contribution in [-0.2, 0) is 10.0 Å². The molecule has 164 valence electrons. The van der Waals surface area contributed by atoms with Crippen molar-refractivity contribution in [1.29, 1.82) is 0 Å². The van der Waals surface area contributed by atoms with Crippen LogP contribution in [0.3, 0.4) is 0 Å². The van der Waals surface area contributed by atoms with E-state index in [1.807, 2.05) is 25.1 Å². The monoisotopic (exact) mass is 443 g/mol. The molecule has 1 amide bonds. The number of nitrogens with one attached hydrogen (secondary N) is 2. The Bertz CT molecular complexity index is 1130. The Morgan fingerprint density at radius 2 is 1.87 bits per heavy atom. The van der Waals surface area contributed by atoms with Crippen molar-refractivity contribution in [3.63, 3.8) is 0 Å². The molecule has 0 spiro atoms. The minimum absolute atomic E-state index is 0.0266. The molecule has 1 aromatic heterocycles. The van der Waals surface area contributed by atoms with E-state index in [1.165, 1.54) is 25.3 Å². The molecule has 0 aliphatic rings. The highest BCUT2D eigenvalue weighted by molar-refractivity contribution is 7.92. The third-order valence-corrected chi connectivity index (χ3v) is 6.07. The molecule has 0 aliphatic carbocycles. The summed E-state index contributed by atoms with van der Waals surface area (Å²) >= 11 is 0. The molecule has 0 saturated carbocycles. The van der Waals surface area contributed by atoms with Gasteiger partial charge in [-0.2, -0.15) is 0 Å². The summed E-state index contributed by atoms with van der Waals surface area (Å²) in [5.41, 5.74) is 0.548. The van der Waals surface area contributed by atoms with Crippen molar-refractivity contribution >= 4 is 21.6 Å². The summed E-state index contributed by atoms with van der Waals surface area (Å²) in [6.45, 7) is 0.301. The third kappa shape index (κ3) is 5.44. The van der Waals surface area contributed by atoms with Gasteiger partial charge in [-0.25, -0.2) is 8.42 Å². The van der Waals surface area contributed by atoms with E-state index in [4.69, 9.17) is 9.15 Å². The second-order valence-electron chi connectivity index (χ2n) is 7.04. The van der Waals surface area contributed by atoms with Gasteiger partial charge in [-0.3, -0.25) is 14.4 Å². The lowest BCUT2D eigenvalue weighted by Gasteiger charge is -2.22. The average Bonchev–Trinajstić information content (AvgIpc) is 3.28.